The molecule has 0 aliphatic heterocycles. The van der Waals surface area contributed by atoms with Gasteiger partial charge in [-0.1, -0.05) is 29.8 Å². The van der Waals surface area contributed by atoms with Crippen LogP contribution in [-0.2, 0) is 0 Å². The van der Waals surface area contributed by atoms with Gasteiger partial charge in [0.15, 0.2) is 0 Å². The van der Waals surface area contributed by atoms with Crippen LogP contribution in [0.3, 0.4) is 0 Å². The normalized spacial score (nSPS) is 8.64. The summed E-state index contributed by atoms with van der Waals surface area (Å²) >= 11 is 0. The molecule has 2 N–H and O–H groups in total. The van der Waals surface area contributed by atoms with E-state index >= 15 is 0 Å². The Balaban J connectivity index is 0.000001000. The monoisotopic (exact) mass is 143 g/mol. The SMILES string of the molecule is Cc1cccc(B(O)O)c1.[Li]. The first-order chi connectivity index (χ1) is 4.70. The molecule has 53 valence electrons. The van der Waals surface area contributed by atoms with Gasteiger partial charge in [0.25, 0.3) is 0 Å². The Labute approximate surface area is 78.6 Å². The van der Waals surface area contributed by atoms with Crippen LogP contribution in [0.5, 0.6) is 0 Å². The van der Waals surface area contributed by atoms with Gasteiger partial charge in [0.2, 0.25) is 0 Å². The van der Waals surface area contributed by atoms with Crippen LogP contribution in [0.2, 0.25) is 0 Å². The quantitative estimate of drug-likeness (QED) is 0.510. The van der Waals surface area contributed by atoms with E-state index in [1.807, 2.05) is 13.0 Å². The van der Waals surface area contributed by atoms with Gasteiger partial charge >= 0.3 is 7.12 Å². The summed E-state index contributed by atoms with van der Waals surface area (Å²) in [6, 6.07) is 7.12. The number of hydrogen-bond donors (Lipinski definition) is 2. The van der Waals surface area contributed by atoms with E-state index in [0.29, 0.717) is 5.46 Å². The largest absolute Gasteiger partial charge is 0.488 e. The first-order valence-corrected chi connectivity index (χ1v) is 3.13. The molecule has 1 radical (unpaired) electrons. The standard InChI is InChI=1S/C7H9BO2.Li/c1-6-3-2-4-7(5-6)8(9)10;/h2-5,9-10H,1H3;. The molecule has 11 heavy (non-hydrogen) atoms. The second-order valence-electron chi connectivity index (χ2n) is 2.29. The first-order valence-electron chi connectivity index (χ1n) is 3.13. The molecular formula is C7H9BLiO2. The van der Waals surface area contributed by atoms with Gasteiger partial charge in [0.05, 0.1) is 0 Å². The van der Waals surface area contributed by atoms with Gasteiger partial charge in [0.1, 0.15) is 0 Å². The van der Waals surface area contributed by atoms with Crippen LogP contribution in [0.4, 0.5) is 0 Å². The van der Waals surface area contributed by atoms with Crippen molar-refractivity contribution in [1.29, 1.82) is 0 Å². The van der Waals surface area contributed by atoms with Gasteiger partial charge in [-0.3, -0.25) is 0 Å². The number of hydrogen-bond acceptors (Lipinski definition) is 2. The molecule has 0 saturated heterocycles. The third-order valence-corrected chi connectivity index (χ3v) is 1.34. The van der Waals surface area contributed by atoms with E-state index in [0.717, 1.165) is 5.56 Å². The summed E-state index contributed by atoms with van der Waals surface area (Å²) in [5.74, 6) is 0. The van der Waals surface area contributed by atoms with Crippen molar-refractivity contribution in [3.05, 3.63) is 29.8 Å². The minimum Gasteiger partial charge on any atom is -0.423 e. The van der Waals surface area contributed by atoms with Crippen molar-refractivity contribution in [2.45, 2.75) is 6.92 Å². The Morgan fingerprint density at radius 3 is 2.27 bits per heavy atom. The van der Waals surface area contributed by atoms with E-state index in [4.69, 9.17) is 10.0 Å². The fourth-order valence-electron chi connectivity index (χ4n) is 0.831. The number of rotatable bonds is 1. The van der Waals surface area contributed by atoms with Gasteiger partial charge in [-0.15, -0.1) is 0 Å². The van der Waals surface area contributed by atoms with E-state index in [1.165, 1.54) is 0 Å². The zero-order chi connectivity index (χ0) is 7.56. The molecule has 0 aromatic heterocycles. The van der Waals surface area contributed by atoms with Gasteiger partial charge in [-0.2, -0.15) is 0 Å². The summed E-state index contributed by atoms with van der Waals surface area (Å²) in [7, 11) is -1.35. The Hall–Kier alpha value is -0.198. The van der Waals surface area contributed by atoms with E-state index < -0.39 is 7.12 Å². The van der Waals surface area contributed by atoms with Crippen LogP contribution in [0.15, 0.2) is 24.3 Å². The molecule has 0 amide bonds. The molecule has 0 saturated carbocycles. The van der Waals surface area contributed by atoms with E-state index in [2.05, 4.69) is 0 Å². The maximum Gasteiger partial charge on any atom is 0.488 e. The molecule has 4 heteroatoms. The third-order valence-electron chi connectivity index (χ3n) is 1.34. The zero-order valence-electron chi connectivity index (χ0n) is 6.78. The van der Waals surface area contributed by atoms with Crippen LogP contribution in [0.25, 0.3) is 0 Å². The van der Waals surface area contributed by atoms with Crippen LogP contribution < -0.4 is 5.46 Å². The van der Waals surface area contributed by atoms with Crippen LogP contribution in [-0.4, -0.2) is 36.0 Å². The fourth-order valence-corrected chi connectivity index (χ4v) is 0.831. The molecule has 0 atom stereocenters. The van der Waals surface area contributed by atoms with Crippen molar-refractivity contribution in [3.63, 3.8) is 0 Å². The summed E-state index contributed by atoms with van der Waals surface area (Å²) in [5, 5.41) is 17.4. The van der Waals surface area contributed by atoms with Gasteiger partial charge in [-0.25, -0.2) is 0 Å². The Kier molecular flexibility index (Phi) is 4.55. The topological polar surface area (TPSA) is 40.5 Å². The molecule has 0 spiro atoms. The van der Waals surface area contributed by atoms with Crippen molar-refractivity contribution in [2.75, 3.05) is 0 Å². The fraction of sp³-hybridized carbons (Fsp3) is 0.143. The third kappa shape index (κ3) is 3.13. The number of benzene rings is 1. The van der Waals surface area contributed by atoms with E-state index in [-0.39, 0.29) is 18.9 Å². The zero-order valence-corrected chi connectivity index (χ0v) is 6.78. The predicted octanol–water partition coefficient (Wildman–Crippen LogP) is -0.706. The molecule has 0 bridgehead atoms. The van der Waals surface area contributed by atoms with Crippen LogP contribution in [0.1, 0.15) is 5.56 Å². The molecule has 0 aliphatic carbocycles. The molecule has 1 rings (SSSR count). The second-order valence-corrected chi connectivity index (χ2v) is 2.29. The molecule has 1 aromatic carbocycles. The summed E-state index contributed by atoms with van der Waals surface area (Å²) in [4.78, 5) is 0. The second kappa shape index (κ2) is 4.63. The predicted molar refractivity (Wildman–Crippen MR) is 46.8 cm³/mol. The van der Waals surface area contributed by atoms with E-state index in [1.54, 1.807) is 18.2 Å². The van der Waals surface area contributed by atoms with Gasteiger partial charge < -0.3 is 10.0 Å². The maximum absolute atomic E-state index is 8.70. The molecule has 0 heterocycles. The minimum absolute atomic E-state index is 0. The summed E-state index contributed by atoms with van der Waals surface area (Å²) < 4.78 is 0. The Bertz CT molecular complexity index is 227. The molecule has 1 aromatic rings. The Morgan fingerprint density at radius 2 is 1.91 bits per heavy atom. The molecule has 0 fully saturated rings. The average Bonchev–Trinajstić information content (AvgIpc) is 1.88. The number of aryl methyl sites for hydroxylation is 1. The van der Waals surface area contributed by atoms with Crippen LogP contribution in [0, 0.1) is 6.92 Å². The van der Waals surface area contributed by atoms with E-state index in [9.17, 15) is 0 Å². The Morgan fingerprint density at radius 1 is 1.27 bits per heavy atom. The van der Waals surface area contributed by atoms with Crippen molar-refractivity contribution >= 4 is 31.4 Å². The summed E-state index contributed by atoms with van der Waals surface area (Å²) in [6.07, 6.45) is 0. The summed E-state index contributed by atoms with van der Waals surface area (Å²) in [6.45, 7) is 1.91. The minimum atomic E-state index is -1.35. The van der Waals surface area contributed by atoms with Crippen molar-refractivity contribution in [1.82, 2.24) is 0 Å². The molecule has 0 aliphatic rings. The molecule has 0 unspecified atom stereocenters. The van der Waals surface area contributed by atoms with Crippen LogP contribution >= 0.6 is 0 Å². The smallest absolute Gasteiger partial charge is 0.423 e. The average molecular weight is 143 g/mol. The van der Waals surface area contributed by atoms with Crippen molar-refractivity contribution in [3.8, 4) is 0 Å². The molecular weight excluding hydrogens is 134 g/mol. The van der Waals surface area contributed by atoms with Gasteiger partial charge in [-0.05, 0) is 12.4 Å². The summed E-state index contributed by atoms with van der Waals surface area (Å²) in [5.41, 5.74) is 1.57. The first kappa shape index (κ1) is 10.8. The van der Waals surface area contributed by atoms with Crippen molar-refractivity contribution in [2.24, 2.45) is 0 Å². The maximum atomic E-state index is 8.70. The molecule has 2 nitrogen and oxygen atoms in total. The van der Waals surface area contributed by atoms with Crippen molar-refractivity contribution < 1.29 is 10.0 Å². The van der Waals surface area contributed by atoms with Gasteiger partial charge in [0, 0.05) is 18.9 Å².